The molecule has 0 saturated heterocycles. The van der Waals surface area contributed by atoms with Gasteiger partial charge in [0, 0.05) is 6.61 Å². The van der Waals surface area contributed by atoms with Crippen molar-refractivity contribution in [1.29, 1.82) is 0 Å². The summed E-state index contributed by atoms with van der Waals surface area (Å²) in [6, 6.07) is 0. The predicted molar refractivity (Wildman–Crippen MR) is 70.0 cm³/mol. The van der Waals surface area contributed by atoms with E-state index in [0.717, 1.165) is 21.3 Å². The molecule has 8 nitrogen and oxygen atoms in total. The Morgan fingerprint density at radius 2 is 1.52 bits per heavy atom. The maximum absolute atomic E-state index is 12.1. The molecule has 2 atom stereocenters. The van der Waals surface area contributed by atoms with E-state index >= 15 is 0 Å². The Bertz CT molecular complexity index is 394. The normalized spacial score (nSPS) is 16.3. The van der Waals surface area contributed by atoms with Gasteiger partial charge in [-0.25, -0.2) is 4.79 Å². The number of carbonyl (C=O) groups excluding carboxylic acids is 3. The van der Waals surface area contributed by atoms with Crippen LogP contribution in [0.1, 0.15) is 26.2 Å². The fraction of sp³-hybridized carbons (Fsp3) is 0.769. The molecule has 0 radical (unpaired) electrons. The van der Waals surface area contributed by atoms with Crippen LogP contribution in [0.5, 0.6) is 0 Å². The number of aliphatic hydroxyl groups is 2. The molecule has 2 unspecified atom stereocenters. The number of hydrogen-bond acceptors (Lipinski definition) is 8. The van der Waals surface area contributed by atoms with Crippen molar-refractivity contribution in [3.8, 4) is 0 Å². The van der Waals surface area contributed by atoms with Gasteiger partial charge in [0.25, 0.3) is 0 Å². The van der Waals surface area contributed by atoms with Crippen LogP contribution in [0, 0.1) is 5.41 Å². The number of aliphatic hydroxyl groups excluding tert-OH is 1. The van der Waals surface area contributed by atoms with Crippen LogP contribution >= 0.6 is 0 Å². The van der Waals surface area contributed by atoms with Gasteiger partial charge in [0.2, 0.25) is 0 Å². The highest BCUT2D eigenvalue weighted by Gasteiger charge is 2.61. The minimum absolute atomic E-state index is 0.0528. The summed E-state index contributed by atoms with van der Waals surface area (Å²) >= 11 is 0. The van der Waals surface area contributed by atoms with E-state index in [2.05, 4.69) is 14.2 Å². The number of carbonyl (C=O) groups is 3. The van der Waals surface area contributed by atoms with Crippen molar-refractivity contribution < 1.29 is 38.8 Å². The first-order valence-corrected chi connectivity index (χ1v) is 6.36. The van der Waals surface area contributed by atoms with Gasteiger partial charge in [0.15, 0.2) is 5.60 Å². The van der Waals surface area contributed by atoms with Crippen molar-refractivity contribution in [3.05, 3.63) is 0 Å². The van der Waals surface area contributed by atoms with Crippen LogP contribution in [0.25, 0.3) is 0 Å². The monoisotopic (exact) mass is 306 g/mol. The first-order chi connectivity index (χ1) is 9.79. The summed E-state index contributed by atoms with van der Waals surface area (Å²) in [5.74, 6) is -2.99. The zero-order valence-corrected chi connectivity index (χ0v) is 12.7. The zero-order valence-electron chi connectivity index (χ0n) is 12.7. The molecule has 0 bridgehead atoms. The summed E-state index contributed by atoms with van der Waals surface area (Å²) in [5.41, 5.74) is -4.32. The van der Waals surface area contributed by atoms with Crippen LogP contribution in [0.3, 0.4) is 0 Å². The summed E-state index contributed by atoms with van der Waals surface area (Å²) in [7, 11) is 3.18. The summed E-state index contributed by atoms with van der Waals surface area (Å²) in [6.07, 6.45) is -1.12. The van der Waals surface area contributed by atoms with E-state index in [9.17, 15) is 24.6 Å². The van der Waals surface area contributed by atoms with Crippen LogP contribution in [0.4, 0.5) is 0 Å². The van der Waals surface area contributed by atoms with Crippen LogP contribution in [0.2, 0.25) is 0 Å². The van der Waals surface area contributed by atoms with Crippen LogP contribution in [-0.4, -0.2) is 61.7 Å². The first kappa shape index (κ1) is 19.3. The second-order valence-electron chi connectivity index (χ2n) is 4.51. The number of esters is 3. The molecule has 0 fully saturated rings. The number of rotatable bonds is 8. The Morgan fingerprint density at radius 1 is 1.00 bits per heavy atom. The van der Waals surface area contributed by atoms with Crippen molar-refractivity contribution in [2.45, 2.75) is 31.8 Å². The third-order valence-corrected chi connectivity index (χ3v) is 3.66. The molecule has 0 aromatic rings. The second-order valence-corrected chi connectivity index (χ2v) is 4.51. The molecule has 0 aromatic heterocycles. The van der Waals surface area contributed by atoms with Crippen molar-refractivity contribution in [3.63, 3.8) is 0 Å². The van der Waals surface area contributed by atoms with E-state index in [-0.39, 0.29) is 12.8 Å². The SMILES string of the molecule is CCC(CCO)(C(=O)OC)C(O)(CC(=O)OC)C(=O)OC. The molecule has 0 rings (SSSR count). The molecule has 0 aliphatic carbocycles. The predicted octanol–water partition coefficient (Wildman–Crippen LogP) is -0.595. The lowest BCUT2D eigenvalue weighted by Gasteiger charge is -2.41. The lowest BCUT2D eigenvalue weighted by molar-refractivity contribution is -0.200. The minimum Gasteiger partial charge on any atom is -0.469 e. The summed E-state index contributed by atoms with van der Waals surface area (Å²) in [6.45, 7) is 1.03. The van der Waals surface area contributed by atoms with Gasteiger partial charge in [-0.15, -0.1) is 0 Å². The van der Waals surface area contributed by atoms with Gasteiger partial charge in [-0.3, -0.25) is 9.59 Å². The van der Waals surface area contributed by atoms with E-state index < -0.39 is 42.0 Å². The van der Waals surface area contributed by atoms with Crippen molar-refractivity contribution in [2.24, 2.45) is 5.41 Å². The second kappa shape index (κ2) is 7.94. The molecule has 0 spiro atoms. The molecule has 8 heteroatoms. The molecular weight excluding hydrogens is 284 g/mol. The summed E-state index contributed by atoms with van der Waals surface area (Å²) < 4.78 is 13.6. The van der Waals surface area contributed by atoms with E-state index in [1.807, 2.05) is 0 Å². The van der Waals surface area contributed by atoms with Crippen molar-refractivity contribution in [2.75, 3.05) is 27.9 Å². The zero-order chi connectivity index (χ0) is 16.7. The van der Waals surface area contributed by atoms with Gasteiger partial charge in [-0.05, 0) is 12.8 Å². The topological polar surface area (TPSA) is 119 Å². The average Bonchev–Trinajstić information content (AvgIpc) is 2.50. The maximum atomic E-state index is 12.1. The summed E-state index contributed by atoms with van der Waals surface area (Å²) in [4.78, 5) is 35.7. The van der Waals surface area contributed by atoms with Crippen LogP contribution < -0.4 is 0 Å². The molecule has 122 valence electrons. The molecule has 21 heavy (non-hydrogen) atoms. The Labute approximate surface area is 123 Å². The number of hydrogen-bond donors (Lipinski definition) is 2. The molecule has 0 aliphatic rings. The molecule has 2 N–H and O–H groups in total. The average molecular weight is 306 g/mol. The highest BCUT2D eigenvalue weighted by atomic mass is 16.6. The molecule has 0 heterocycles. The van der Waals surface area contributed by atoms with Gasteiger partial charge in [-0.2, -0.15) is 0 Å². The van der Waals surface area contributed by atoms with E-state index in [4.69, 9.17) is 0 Å². The lowest BCUT2D eigenvalue weighted by Crippen LogP contribution is -2.60. The van der Waals surface area contributed by atoms with Crippen molar-refractivity contribution in [1.82, 2.24) is 0 Å². The van der Waals surface area contributed by atoms with Gasteiger partial charge in [-0.1, -0.05) is 6.92 Å². The third-order valence-electron chi connectivity index (χ3n) is 3.66. The Kier molecular flexibility index (Phi) is 7.31. The number of ether oxygens (including phenoxy) is 3. The van der Waals surface area contributed by atoms with Crippen LogP contribution in [-0.2, 0) is 28.6 Å². The Morgan fingerprint density at radius 3 is 1.86 bits per heavy atom. The number of methoxy groups -OCH3 is 3. The maximum Gasteiger partial charge on any atom is 0.339 e. The molecule has 0 amide bonds. The van der Waals surface area contributed by atoms with Gasteiger partial charge >= 0.3 is 17.9 Å². The van der Waals surface area contributed by atoms with Crippen molar-refractivity contribution >= 4 is 17.9 Å². The lowest BCUT2D eigenvalue weighted by atomic mass is 9.66. The quantitative estimate of drug-likeness (QED) is 0.451. The van der Waals surface area contributed by atoms with E-state index in [1.54, 1.807) is 0 Å². The molecule has 0 aliphatic heterocycles. The van der Waals surface area contributed by atoms with Gasteiger partial charge in [0.1, 0.15) is 5.41 Å². The molecule has 0 saturated carbocycles. The summed E-state index contributed by atoms with van der Waals surface area (Å²) in [5, 5.41) is 19.9. The highest BCUT2D eigenvalue weighted by Crippen LogP contribution is 2.43. The van der Waals surface area contributed by atoms with E-state index in [0.29, 0.717) is 0 Å². The fourth-order valence-electron chi connectivity index (χ4n) is 2.36. The van der Waals surface area contributed by atoms with Gasteiger partial charge < -0.3 is 24.4 Å². The third kappa shape index (κ3) is 3.51. The first-order valence-electron chi connectivity index (χ1n) is 6.36. The highest BCUT2D eigenvalue weighted by molar-refractivity contribution is 5.93. The largest absolute Gasteiger partial charge is 0.469 e. The Balaban J connectivity index is 6.06. The molecule has 0 aromatic carbocycles. The fourth-order valence-corrected chi connectivity index (χ4v) is 2.36. The Hall–Kier alpha value is -1.67. The smallest absolute Gasteiger partial charge is 0.339 e. The minimum atomic E-state index is -2.50. The van der Waals surface area contributed by atoms with E-state index in [1.165, 1.54) is 6.92 Å². The van der Waals surface area contributed by atoms with Gasteiger partial charge in [0.05, 0.1) is 27.8 Å². The molecular formula is C13H22O8. The van der Waals surface area contributed by atoms with Crippen LogP contribution in [0.15, 0.2) is 0 Å². The standard InChI is InChI=1S/C13H22O8/c1-5-12(6-7-14,10(16)20-3)13(18,11(17)21-4)8-9(15)19-2/h14,18H,5-8H2,1-4H3.